The number of carbonyl (C=O) groups is 2. The van der Waals surface area contributed by atoms with Crippen molar-refractivity contribution >= 4 is 11.9 Å². The number of aromatic nitrogens is 2. The number of likely N-dealkylation sites (N-methyl/N-ethyl adjacent to an activating group) is 1. The molecule has 0 spiro atoms. The molecule has 2 aliphatic heterocycles. The van der Waals surface area contributed by atoms with E-state index in [9.17, 15) is 9.59 Å². The quantitative estimate of drug-likeness (QED) is 0.805. The van der Waals surface area contributed by atoms with Crippen molar-refractivity contribution in [3.05, 3.63) is 17.7 Å². The molecule has 1 unspecified atom stereocenters. The Labute approximate surface area is 160 Å². The fourth-order valence-corrected chi connectivity index (χ4v) is 3.47. The summed E-state index contributed by atoms with van der Waals surface area (Å²) in [5.41, 5.74) is 0.968. The van der Waals surface area contributed by atoms with E-state index in [0.717, 1.165) is 37.7 Å². The van der Waals surface area contributed by atoms with Crippen molar-refractivity contribution in [1.29, 1.82) is 0 Å². The number of carbonyl (C=O) groups excluding carboxylic acids is 2. The van der Waals surface area contributed by atoms with Gasteiger partial charge in [0.25, 0.3) is 0 Å². The van der Waals surface area contributed by atoms with Crippen LogP contribution >= 0.6 is 0 Å². The lowest BCUT2D eigenvalue weighted by Gasteiger charge is -2.41. The summed E-state index contributed by atoms with van der Waals surface area (Å²) in [5, 5.41) is 0. The molecule has 0 bridgehead atoms. The van der Waals surface area contributed by atoms with Crippen molar-refractivity contribution in [1.82, 2.24) is 29.6 Å². The molecule has 1 aromatic heterocycles. The zero-order chi connectivity index (χ0) is 19.4. The van der Waals surface area contributed by atoms with Gasteiger partial charge in [-0.15, -0.1) is 0 Å². The lowest BCUT2D eigenvalue weighted by molar-refractivity contribution is -0.133. The average molecular weight is 378 g/mol. The Hall–Kier alpha value is -2.13. The molecule has 3 rings (SSSR count). The van der Waals surface area contributed by atoms with Gasteiger partial charge in [-0.2, -0.15) is 0 Å². The Balaban J connectivity index is 1.57. The van der Waals surface area contributed by atoms with Crippen LogP contribution in [0, 0.1) is 6.92 Å². The molecule has 27 heavy (non-hydrogen) atoms. The summed E-state index contributed by atoms with van der Waals surface area (Å²) in [7, 11) is 3.82. The van der Waals surface area contributed by atoms with E-state index in [4.69, 9.17) is 4.74 Å². The normalized spacial score (nSPS) is 21.4. The highest BCUT2D eigenvalue weighted by atomic mass is 16.5. The van der Waals surface area contributed by atoms with E-state index in [1.165, 1.54) is 0 Å². The zero-order valence-corrected chi connectivity index (χ0v) is 16.5. The lowest BCUT2D eigenvalue weighted by Crippen LogP contribution is -2.58. The van der Waals surface area contributed by atoms with Gasteiger partial charge >= 0.3 is 6.03 Å². The van der Waals surface area contributed by atoms with Crippen LogP contribution in [0.4, 0.5) is 4.79 Å². The van der Waals surface area contributed by atoms with Gasteiger partial charge in [-0.3, -0.25) is 4.79 Å². The number of amides is 3. The number of H-pyrrole nitrogens is 1. The molecule has 3 heterocycles. The Morgan fingerprint density at radius 2 is 2.04 bits per heavy atom. The van der Waals surface area contributed by atoms with Crippen molar-refractivity contribution in [2.45, 2.75) is 25.9 Å². The van der Waals surface area contributed by atoms with Crippen LogP contribution in [-0.4, -0.2) is 108 Å². The molecule has 2 fully saturated rings. The number of rotatable bonds is 4. The number of hydrogen-bond donors (Lipinski definition) is 1. The second-order valence-electron chi connectivity index (χ2n) is 7.46. The third kappa shape index (κ3) is 4.98. The third-order valence-corrected chi connectivity index (χ3v) is 5.23. The molecule has 3 amide bonds. The number of ether oxygens (including phenoxy) is 1. The van der Waals surface area contributed by atoms with Crippen LogP contribution in [0.2, 0.25) is 0 Å². The molecule has 1 atom stereocenters. The van der Waals surface area contributed by atoms with Crippen LogP contribution in [0.15, 0.2) is 6.20 Å². The largest absolute Gasteiger partial charge is 0.377 e. The number of aryl methyl sites for hydroxylation is 1. The minimum Gasteiger partial charge on any atom is -0.377 e. The maximum atomic E-state index is 13.0. The Morgan fingerprint density at radius 1 is 1.30 bits per heavy atom. The van der Waals surface area contributed by atoms with E-state index in [-0.39, 0.29) is 24.4 Å². The van der Waals surface area contributed by atoms with Gasteiger partial charge in [-0.1, -0.05) is 0 Å². The van der Waals surface area contributed by atoms with E-state index < -0.39 is 0 Å². The standard InChI is InChI=1S/C18H30N6O3/c1-14-11-19-16(20-14)12-22(3)17(25)10-15-13-27-9-8-24(15)18(26)23-6-4-21(2)5-7-23/h11,15H,4-10,12-13H2,1-3H3,(H,19,20). The van der Waals surface area contributed by atoms with Crippen LogP contribution < -0.4 is 0 Å². The first-order valence-corrected chi connectivity index (χ1v) is 9.50. The first-order valence-electron chi connectivity index (χ1n) is 9.50. The number of hydrogen-bond acceptors (Lipinski definition) is 5. The van der Waals surface area contributed by atoms with E-state index in [2.05, 4.69) is 21.9 Å². The maximum absolute atomic E-state index is 13.0. The summed E-state index contributed by atoms with van der Waals surface area (Å²) in [5.74, 6) is 0.740. The van der Waals surface area contributed by atoms with Crippen molar-refractivity contribution < 1.29 is 14.3 Å². The van der Waals surface area contributed by atoms with Gasteiger partial charge in [0, 0.05) is 58.1 Å². The van der Waals surface area contributed by atoms with E-state index in [1.54, 1.807) is 18.1 Å². The van der Waals surface area contributed by atoms with E-state index in [1.807, 2.05) is 16.7 Å². The molecule has 2 saturated heterocycles. The van der Waals surface area contributed by atoms with Gasteiger partial charge < -0.3 is 29.3 Å². The number of piperazine rings is 1. The Kier molecular flexibility index (Phi) is 6.33. The molecule has 0 radical (unpaired) electrons. The van der Waals surface area contributed by atoms with Gasteiger partial charge in [0.1, 0.15) is 5.82 Å². The van der Waals surface area contributed by atoms with Gasteiger partial charge in [-0.25, -0.2) is 9.78 Å². The van der Waals surface area contributed by atoms with Gasteiger partial charge in [0.15, 0.2) is 0 Å². The number of imidazole rings is 1. The van der Waals surface area contributed by atoms with Crippen LogP contribution in [0.1, 0.15) is 17.9 Å². The van der Waals surface area contributed by atoms with Crippen molar-refractivity contribution in [3.8, 4) is 0 Å². The number of nitrogens with one attached hydrogen (secondary N) is 1. The summed E-state index contributed by atoms with van der Waals surface area (Å²) < 4.78 is 5.56. The first kappa shape index (κ1) is 19.6. The molecule has 0 saturated carbocycles. The lowest BCUT2D eigenvalue weighted by atomic mass is 10.1. The maximum Gasteiger partial charge on any atom is 0.320 e. The molecule has 1 N–H and O–H groups in total. The van der Waals surface area contributed by atoms with Crippen molar-refractivity contribution in [3.63, 3.8) is 0 Å². The number of aromatic amines is 1. The molecule has 9 heteroatoms. The molecule has 0 aliphatic carbocycles. The SMILES string of the molecule is Cc1cnc(CN(C)C(=O)CC2COCCN2C(=O)N2CCN(C)CC2)[nH]1. The molecule has 1 aromatic rings. The summed E-state index contributed by atoms with van der Waals surface area (Å²) in [6.07, 6.45) is 2.01. The predicted molar refractivity (Wildman–Crippen MR) is 100 cm³/mol. The second kappa shape index (κ2) is 8.71. The molecule has 0 aromatic carbocycles. The fourth-order valence-electron chi connectivity index (χ4n) is 3.47. The van der Waals surface area contributed by atoms with Crippen molar-refractivity contribution in [2.24, 2.45) is 0 Å². The van der Waals surface area contributed by atoms with E-state index >= 15 is 0 Å². The summed E-state index contributed by atoms with van der Waals surface area (Å²) in [6.45, 7) is 7.02. The molecule has 2 aliphatic rings. The topological polar surface area (TPSA) is 85.0 Å². The van der Waals surface area contributed by atoms with E-state index in [0.29, 0.717) is 26.3 Å². The highest BCUT2D eigenvalue weighted by Crippen LogP contribution is 2.16. The highest BCUT2D eigenvalue weighted by molar-refractivity contribution is 5.79. The average Bonchev–Trinajstić information content (AvgIpc) is 3.07. The van der Waals surface area contributed by atoms with Crippen LogP contribution in [0.5, 0.6) is 0 Å². The summed E-state index contributed by atoms with van der Waals surface area (Å²) >= 11 is 0. The smallest absolute Gasteiger partial charge is 0.320 e. The number of urea groups is 1. The third-order valence-electron chi connectivity index (χ3n) is 5.23. The van der Waals surface area contributed by atoms with Gasteiger partial charge in [0.2, 0.25) is 5.91 Å². The molecule has 150 valence electrons. The monoisotopic (exact) mass is 378 g/mol. The van der Waals surface area contributed by atoms with Crippen LogP contribution in [0.25, 0.3) is 0 Å². The first-order chi connectivity index (χ1) is 12.9. The molecular weight excluding hydrogens is 348 g/mol. The zero-order valence-electron chi connectivity index (χ0n) is 16.5. The predicted octanol–water partition coefficient (Wildman–Crippen LogP) is 0.135. The number of morpholine rings is 1. The number of nitrogens with zero attached hydrogens (tertiary/aromatic N) is 5. The van der Waals surface area contributed by atoms with Crippen LogP contribution in [-0.2, 0) is 16.1 Å². The summed E-state index contributed by atoms with van der Waals surface area (Å²) in [4.78, 5) is 40.6. The minimum atomic E-state index is -0.223. The van der Waals surface area contributed by atoms with Crippen LogP contribution in [0.3, 0.4) is 0 Å². The minimum absolute atomic E-state index is 0.0178. The fraction of sp³-hybridized carbons (Fsp3) is 0.722. The van der Waals surface area contributed by atoms with Crippen molar-refractivity contribution in [2.75, 3.05) is 60.0 Å². The van der Waals surface area contributed by atoms with Gasteiger partial charge in [0.05, 0.1) is 25.8 Å². The Morgan fingerprint density at radius 3 is 2.70 bits per heavy atom. The summed E-state index contributed by atoms with van der Waals surface area (Å²) in [6, 6.07) is -0.201. The second-order valence-corrected chi connectivity index (χ2v) is 7.46. The highest BCUT2D eigenvalue weighted by Gasteiger charge is 2.33. The van der Waals surface area contributed by atoms with Gasteiger partial charge in [-0.05, 0) is 14.0 Å². The molecule has 9 nitrogen and oxygen atoms in total. The molecular formula is C18H30N6O3. The Bertz CT molecular complexity index is 655.